The second-order valence-corrected chi connectivity index (χ2v) is 7.27. The van der Waals surface area contributed by atoms with Crippen LogP contribution in [0.5, 0.6) is 0 Å². The van der Waals surface area contributed by atoms with Gasteiger partial charge in [0, 0.05) is 18.2 Å². The Kier molecular flexibility index (Phi) is 5.52. The average Bonchev–Trinajstić information content (AvgIpc) is 3.33. The highest BCUT2D eigenvalue weighted by Crippen LogP contribution is 2.44. The molecule has 1 aliphatic carbocycles. The maximum Gasteiger partial charge on any atom is 0.412 e. The fourth-order valence-electron chi connectivity index (χ4n) is 3.96. The standard InChI is InChI=1S/C23H23N3O4/c1-2-7-20(22(27)28)26-13-12-21(25-26)24-23(29)30-14-19-17-10-5-3-8-15(17)16-9-4-6-11-18(16)19/h3-6,8-13,19-20H,2,7,14H2,1H3,(H,27,28)(H,24,25,29). The summed E-state index contributed by atoms with van der Waals surface area (Å²) in [6.45, 7) is 2.11. The van der Waals surface area contributed by atoms with Gasteiger partial charge in [-0.05, 0) is 28.7 Å². The molecule has 1 amide bonds. The number of benzene rings is 2. The number of aromatic nitrogens is 2. The third-order valence-electron chi connectivity index (χ3n) is 5.35. The van der Waals surface area contributed by atoms with Crippen LogP contribution in [0.3, 0.4) is 0 Å². The van der Waals surface area contributed by atoms with E-state index < -0.39 is 18.1 Å². The van der Waals surface area contributed by atoms with Crippen molar-refractivity contribution in [2.24, 2.45) is 0 Å². The van der Waals surface area contributed by atoms with Crippen LogP contribution in [0.15, 0.2) is 60.8 Å². The molecule has 0 radical (unpaired) electrons. The fourth-order valence-corrected chi connectivity index (χ4v) is 3.96. The summed E-state index contributed by atoms with van der Waals surface area (Å²) in [4.78, 5) is 23.7. The Morgan fingerprint density at radius 2 is 1.73 bits per heavy atom. The van der Waals surface area contributed by atoms with Crippen LogP contribution in [0.25, 0.3) is 11.1 Å². The number of nitrogens with one attached hydrogen (secondary N) is 1. The number of carbonyl (C=O) groups excluding carboxylic acids is 1. The van der Waals surface area contributed by atoms with Crippen molar-refractivity contribution in [1.29, 1.82) is 0 Å². The second-order valence-electron chi connectivity index (χ2n) is 7.27. The molecular formula is C23H23N3O4. The molecule has 0 bridgehead atoms. The van der Waals surface area contributed by atoms with Gasteiger partial charge in [0.05, 0.1) is 0 Å². The zero-order valence-electron chi connectivity index (χ0n) is 16.6. The number of hydrogen-bond donors (Lipinski definition) is 2. The normalized spacial score (nSPS) is 13.4. The minimum absolute atomic E-state index is 0.0262. The van der Waals surface area contributed by atoms with Crippen LogP contribution in [0.1, 0.15) is 42.9 Å². The van der Waals surface area contributed by atoms with Gasteiger partial charge in [0.1, 0.15) is 12.6 Å². The number of carboxylic acid groups (broad SMARTS) is 1. The summed E-state index contributed by atoms with van der Waals surface area (Å²) in [5.41, 5.74) is 4.60. The minimum atomic E-state index is -0.951. The lowest BCUT2D eigenvalue weighted by atomic mass is 9.98. The Labute approximate surface area is 174 Å². The smallest absolute Gasteiger partial charge is 0.412 e. The van der Waals surface area contributed by atoms with Gasteiger partial charge in [0.15, 0.2) is 5.82 Å². The number of nitrogens with zero attached hydrogens (tertiary/aromatic N) is 2. The first-order valence-corrected chi connectivity index (χ1v) is 9.98. The first-order chi connectivity index (χ1) is 14.6. The molecule has 0 saturated carbocycles. The molecule has 30 heavy (non-hydrogen) atoms. The van der Waals surface area contributed by atoms with Crippen LogP contribution in [0.2, 0.25) is 0 Å². The van der Waals surface area contributed by atoms with Crippen molar-refractivity contribution in [3.63, 3.8) is 0 Å². The zero-order valence-corrected chi connectivity index (χ0v) is 16.6. The Morgan fingerprint density at radius 3 is 2.33 bits per heavy atom. The van der Waals surface area contributed by atoms with Crippen LogP contribution in [-0.4, -0.2) is 33.6 Å². The summed E-state index contributed by atoms with van der Waals surface area (Å²) in [6, 6.07) is 17.1. The topological polar surface area (TPSA) is 93.5 Å². The maximum atomic E-state index is 12.3. The van der Waals surface area contributed by atoms with Gasteiger partial charge in [-0.3, -0.25) is 10.00 Å². The minimum Gasteiger partial charge on any atom is -0.480 e. The Balaban J connectivity index is 1.42. The summed E-state index contributed by atoms with van der Waals surface area (Å²) in [5, 5.41) is 16.1. The van der Waals surface area contributed by atoms with Crippen LogP contribution in [-0.2, 0) is 9.53 Å². The van der Waals surface area contributed by atoms with Crippen LogP contribution >= 0.6 is 0 Å². The van der Waals surface area contributed by atoms with Crippen molar-refractivity contribution in [2.45, 2.75) is 31.7 Å². The summed E-state index contributed by atoms with van der Waals surface area (Å²) < 4.78 is 6.84. The lowest BCUT2D eigenvalue weighted by molar-refractivity contribution is -0.141. The number of aliphatic carboxylic acids is 1. The van der Waals surface area contributed by atoms with E-state index in [-0.39, 0.29) is 18.3 Å². The molecule has 7 nitrogen and oxygen atoms in total. The van der Waals surface area contributed by atoms with Gasteiger partial charge in [-0.1, -0.05) is 61.9 Å². The number of ether oxygens (including phenoxy) is 1. The molecule has 1 aromatic heterocycles. The number of amides is 1. The molecule has 1 atom stereocenters. The van der Waals surface area contributed by atoms with E-state index in [0.717, 1.165) is 22.3 Å². The second kappa shape index (κ2) is 8.41. The highest BCUT2D eigenvalue weighted by Gasteiger charge is 2.29. The van der Waals surface area contributed by atoms with Gasteiger partial charge in [-0.2, -0.15) is 5.10 Å². The summed E-state index contributed by atoms with van der Waals surface area (Å²) in [7, 11) is 0. The average molecular weight is 405 g/mol. The monoisotopic (exact) mass is 405 g/mol. The van der Waals surface area contributed by atoms with E-state index in [1.165, 1.54) is 4.68 Å². The molecule has 1 aliphatic rings. The van der Waals surface area contributed by atoms with Crippen LogP contribution < -0.4 is 5.32 Å². The fraction of sp³-hybridized carbons (Fsp3) is 0.261. The van der Waals surface area contributed by atoms with Gasteiger partial charge in [-0.15, -0.1) is 0 Å². The molecule has 0 saturated heterocycles. The Bertz CT molecular complexity index is 1030. The van der Waals surface area contributed by atoms with Gasteiger partial charge in [0.25, 0.3) is 0 Å². The largest absolute Gasteiger partial charge is 0.480 e. The van der Waals surface area contributed by atoms with Crippen molar-refractivity contribution in [3.8, 4) is 11.1 Å². The highest BCUT2D eigenvalue weighted by atomic mass is 16.5. The quantitative estimate of drug-likeness (QED) is 0.596. The molecule has 2 N–H and O–H groups in total. The molecule has 154 valence electrons. The maximum absolute atomic E-state index is 12.3. The van der Waals surface area contributed by atoms with E-state index in [9.17, 15) is 14.7 Å². The molecule has 7 heteroatoms. The predicted octanol–water partition coefficient (Wildman–Crippen LogP) is 4.67. The molecule has 4 rings (SSSR count). The van der Waals surface area contributed by atoms with Crippen molar-refractivity contribution >= 4 is 17.9 Å². The molecule has 1 heterocycles. The van der Waals surface area contributed by atoms with E-state index in [0.29, 0.717) is 12.8 Å². The number of anilines is 1. The van der Waals surface area contributed by atoms with E-state index in [1.807, 2.05) is 31.2 Å². The lowest BCUT2D eigenvalue weighted by Crippen LogP contribution is -2.21. The first-order valence-electron chi connectivity index (χ1n) is 9.98. The predicted molar refractivity (Wildman–Crippen MR) is 112 cm³/mol. The summed E-state index contributed by atoms with van der Waals surface area (Å²) >= 11 is 0. The third kappa shape index (κ3) is 3.78. The van der Waals surface area contributed by atoms with Crippen molar-refractivity contribution < 1.29 is 19.4 Å². The van der Waals surface area contributed by atoms with E-state index in [2.05, 4.69) is 34.7 Å². The van der Waals surface area contributed by atoms with Crippen molar-refractivity contribution in [3.05, 3.63) is 71.9 Å². The Hall–Kier alpha value is -3.61. The first kappa shape index (κ1) is 19.7. The number of rotatable bonds is 7. The number of hydrogen-bond acceptors (Lipinski definition) is 4. The van der Waals surface area contributed by atoms with Crippen molar-refractivity contribution in [1.82, 2.24) is 9.78 Å². The lowest BCUT2D eigenvalue weighted by Gasteiger charge is -2.14. The van der Waals surface area contributed by atoms with Crippen LogP contribution in [0.4, 0.5) is 10.6 Å². The third-order valence-corrected chi connectivity index (χ3v) is 5.35. The molecule has 1 unspecified atom stereocenters. The number of carbonyl (C=O) groups is 2. The van der Waals surface area contributed by atoms with Crippen LogP contribution in [0, 0.1) is 0 Å². The van der Waals surface area contributed by atoms with Crippen molar-refractivity contribution in [2.75, 3.05) is 11.9 Å². The molecular weight excluding hydrogens is 382 g/mol. The van der Waals surface area contributed by atoms with E-state index in [1.54, 1.807) is 12.3 Å². The van der Waals surface area contributed by atoms with E-state index in [4.69, 9.17) is 4.74 Å². The van der Waals surface area contributed by atoms with E-state index >= 15 is 0 Å². The van der Waals surface area contributed by atoms with Gasteiger partial charge < -0.3 is 9.84 Å². The zero-order chi connectivity index (χ0) is 21.1. The highest BCUT2D eigenvalue weighted by molar-refractivity contribution is 5.84. The molecule has 0 spiro atoms. The molecule has 0 aliphatic heterocycles. The van der Waals surface area contributed by atoms with Gasteiger partial charge in [-0.25, -0.2) is 9.59 Å². The van der Waals surface area contributed by atoms with Gasteiger partial charge in [0.2, 0.25) is 0 Å². The number of fused-ring (bicyclic) bond motifs is 3. The molecule has 0 fully saturated rings. The molecule has 3 aromatic rings. The SMILES string of the molecule is CCCC(C(=O)O)n1ccc(NC(=O)OCC2c3ccccc3-c3ccccc32)n1. The number of carboxylic acids is 1. The van der Waals surface area contributed by atoms with Gasteiger partial charge >= 0.3 is 12.1 Å². The molecule has 2 aromatic carbocycles. The summed E-state index contributed by atoms with van der Waals surface area (Å²) in [6.07, 6.45) is 2.10. The Morgan fingerprint density at radius 1 is 1.10 bits per heavy atom. The summed E-state index contributed by atoms with van der Waals surface area (Å²) in [5.74, 6) is -0.719.